The van der Waals surface area contributed by atoms with Crippen molar-refractivity contribution in [1.29, 1.82) is 0 Å². The lowest BCUT2D eigenvalue weighted by atomic mass is 10.1. The maximum atomic E-state index is 11.2. The molecule has 0 saturated carbocycles. The van der Waals surface area contributed by atoms with Crippen molar-refractivity contribution in [3.8, 4) is 5.75 Å². The van der Waals surface area contributed by atoms with Crippen LogP contribution < -0.4 is 4.74 Å². The summed E-state index contributed by atoms with van der Waals surface area (Å²) in [7, 11) is 2.16. The third kappa shape index (κ3) is 8.27. The van der Waals surface area contributed by atoms with E-state index in [4.69, 9.17) is 24.5 Å². The number of carbonyl (C=O) groups excluding carboxylic acids is 1. The average Bonchev–Trinajstić information content (AvgIpc) is 2.57. The molecule has 8 nitrogen and oxygen atoms in total. The molecule has 1 saturated heterocycles. The van der Waals surface area contributed by atoms with Crippen LogP contribution in [0.4, 0.5) is 0 Å². The van der Waals surface area contributed by atoms with Gasteiger partial charge in [0.05, 0.1) is 0 Å². The Labute approximate surface area is 146 Å². The fraction of sp³-hybridized carbons (Fsp3) is 0.471. The van der Waals surface area contributed by atoms with Crippen molar-refractivity contribution in [1.82, 2.24) is 9.80 Å². The highest BCUT2D eigenvalue weighted by molar-refractivity contribution is 6.27. The third-order valence-electron chi connectivity index (χ3n) is 3.72. The number of carboxylic acid groups (broad SMARTS) is 2. The van der Waals surface area contributed by atoms with Gasteiger partial charge >= 0.3 is 11.9 Å². The molecule has 0 amide bonds. The monoisotopic (exact) mass is 352 g/mol. The summed E-state index contributed by atoms with van der Waals surface area (Å²) < 4.78 is 5.70. The molecule has 25 heavy (non-hydrogen) atoms. The van der Waals surface area contributed by atoms with E-state index in [0.717, 1.165) is 44.0 Å². The normalized spacial score (nSPS) is 15.0. The Balaban J connectivity index is 0.000000450. The molecule has 1 fully saturated rings. The van der Waals surface area contributed by atoms with Crippen molar-refractivity contribution in [2.75, 3.05) is 46.4 Å². The first-order valence-corrected chi connectivity index (χ1v) is 7.90. The average molecular weight is 352 g/mol. The molecule has 138 valence electrons. The second kappa shape index (κ2) is 10.4. The van der Waals surface area contributed by atoms with Gasteiger partial charge in [0.2, 0.25) is 0 Å². The van der Waals surface area contributed by atoms with E-state index in [1.165, 1.54) is 0 Å². The van der Waals surface area contributed by atoms with Crippen LogP contribution in [0.5, 0.6) is 5.75 Å². The number of hydrogen-bond donors (Lipinski definition) is 2. The summed E-state index contributed by atoms with van der Waals surface area (Å²) in [5.74, 6) is -2.73. The van der Waals surface area contributed by atoms with E-state index in [0.29, 0.717) is 6.61 Å². The molecule has 2 rings (SSSR count). The summed E-state index contributed by atoms with van der Waals surface area (Å²) in [5, 5.41) is 14.8. The molecule has 0 bridgehead atoms. The first-order valence-electron chi connectivity index (χ1n) is 7.90. The predicted octanol–water partition coefficient (Wildman–Crippen LogP) is 0.671. The summed E-state index contributed by atoms with van der Waals surface area (Å²) in [6.45, 7) is 7.72. The number of nitrogens with zero attached hydrogens (tertiary/aromatic N) is 2. The molecule has 0 unspecified atom stereocenters. The quantitative estimate of drug-likeness (QED) is 0.588. The summed E-state index contributed by atoms with van der Waals surface area (Å²) in [6.07, 6.45) is 0. The third-order valence-corrected chi connectivity index (χ3v) is 3.72. The standard InChI is InChI=1S/C15H22N2O2.C2H2O4/c1-13(18)14-3-5-15(6-4-14)19-12-11-17-9-7-16(2)8-10-17;3-1(4)2(5)6/h3-6H,7-12H2,1-2H3;(H,3,4)(H,5,6). The minimum Gasteiger partial charge on any atom is -0.492 e. The Bertz CT molecular complexity index is 567. The van der Waals surface area contributed by atoms with Gasteiger partial charge in [0, 0.05) is 38.3 Å². The van der Waals surface area contributed by atoms with Crippen LogP contribution in [-0.2, 0) is 9.59 Å². The van der Waals surface area contributed by atoms with Gasteiger partial charge in [0.25, 0.3) is 0 Å². The number of piperazine rings is 1. The number of carboxylic acids is 2. The molecular formula is C17H24N2O6. The van der Waals surface area contributed by atoms with Gasteiger partial charge in [-0.25, -0.2) is 9.59 Å². The summed E-state index contributed by atoms with van der Waals surface area (Å²) >= 11 is 0. The van der Waals surface area contributed by atoms with E-state index >= 15 is 0 Å². The molecule has 0 atom stereocenters. The Kier molecular flexibility index (Phi) is 8.59. The minimum atomic E-state index is -1.82. The number of aliphatic carboxylic acids is 2. The van der Waals surface area contributed by atoms with Gasteiger partial charge in [-0.3, -0.25) is 9.69 Å². The number of rotatable bonds is 5. The Morgan fingerprint density at radius 3 is 1.96 bits per heavy atom. The van der Waals surface area contributed by atoms with Gasteiger partial charge in [-0.15, -0.1) is 0 Å². The van der Waals surface area contributed by atoms with Crippen molar-refractivity contribution in [2.45, 2.75) is 6.92 Å². The number of ketones is 1. The molecule has 1 aromatic carbocycles. The van der Waals surface area contributed by atoms with E-state index in [1.807, 2.05) is 24.3 Å². The van der Waals surface area contributed by atoms with Crippen molar-refractivity contribution in [3.05, 3.63) is 29.8 Å². The lowest BCUT2D eigenvalue weighted by Crippen LogP contribution is -2.45. The van der Waals surface area contributed by atoms with Gasteiger partial charge in [0.15, 0.2) is 5.78 Å². The SMILES string of the molecule is CC(=O)c1ccc(OCCN2CCN(C)CC2)cc1.O=C(O)C(=O)O. The maximum absolute atomic E-state index is 11.2. The largest absolute Gasteiger partial charge is 0.492 e. The molecule has 0 aliphatic carbocycles. The Hall–Kier alpha value is -2.45. The van der Waals surface area contributed by atoms with Crippen LogP contribution in [-0.4, -0.2) is 84.1 Å². The zero-order valence-corrected chi connectivity index (χ0v) is 14.5. The lowest BCUT2D eigenvalue weighted by molar-refractivity contribution is -0.159. The Morgan fingerprint density at radius 1 is 1.00 bits per heavy atom. The Morgan fingerprint density at radius 2 is 1.52 bits per heavy atom. The van der Waals surface area contributed by atoms with Crippen LogP contribution in [0.3, 0.4) is 0 Å². The summed E-state index contributed by atoms with van der Waals surface area (Å²) in [6, 6.07) is 7.35. The van der Waals surface area contributed by atoms with Crippen molar-refractivity contribution in [2.24, 2.45) is 0 Å². The van der Waals surface area contributed by atoms with Crippen LogP contribution in [0.2, 0.25) is 0 Å². The highest BCUT2D eigenvalue weighted by Gasteiger charge is 2.13. The number of benzene rings is 1. The van der Waals surface area contributed by atoms with Crippen LogP contribution >= 0.6 is 0 Å². The fourth-order valence-electron chi connectivity index (χ4n) is 2.15. The van der Waals surface area contributed by atoms with Gasteiger partial charge < -0.3 is 19.8 Å². The number of likely N-dealkylation sites (N-methyl/N-ethyl adjacent to an activating group) is 1. The second-order valence-electron chi connectivity index (χ2n) is 5.68. The molecule has 1 aliphatic rings. The van der Waals surface area contributed by atoms with E-state index in [9.17, 15) is 4.79 Å². The van der Waals surface area contributed by atoms with Crippen LogP contribution in [0, 0.1) is 0 Å². The molecular weight excluding hydrogens is 328 g/mol. The lowest BCUT2D eigenvalue weighted by Gasteiger charge is -2.32. The van der Waals surface area contributed by atoms with Crippen molar-refractivity contribution < 1.29 is 29.3 Å². The van der Waals surface area contributed by atoms with Gasteiger partial charge in [-0.2, -0.15) is 0 Å². The number of ether oxygens (including phenoxy) is 1. The highest BCUT2D eigenvalue weighted by Crippen LogP contribution is 2.12. The van der Waals surface area contributed by atoms with Crippen molar-refractivity contribution in [3.63, 3.8) is 0 Å². The topological polar surface area (TPSA) is 107 Å². The first-order chi connectivity index (χ1) is 11.8. The smallest absolute Gasteiger partial charge is 0.414 e. The molecule has 0 aromatic heterocycles. The molecule has 1 aliphatic heterocycles. The van der Waals surface area contributed by atoms with E-state index < -0.39 is 11.9 Å². The molecule has 2 N–H and O–H groups in total. The number of Topliss-reactive ketones (excluding diaryl/α,β-unsaturated/α-hetero) is 1. The highest BCUT2D eigenvalue weighted by atomic mass is 16.5. The van der Waals surface area contributed by atoms with Crippen LogP contribution in [0.1, 0.15) is 17.3 Å². The first kappa shape index (κ1) is 20.6. The van der Waals surface area contributed by atoms with E-state index in [1.54, 1.807) is 6.92 Å². The van der Waals surface area contributed by atoms with E-state index in [-0.39, 0.29) is 5.78 Å². The molecule has 1 heterocycles. The molecule has 0 spiro atoms. The van der Waals surface area contributed by atoms with E-state index in [2.05, 4.69) is 16.8 Å². The molecule has 0 radical (unpaired) electrons. The van der Waals surface area contributed by atoms with Gasteiger partial charge in [-0.05, 0) is 38.2 Å². The molecule has 8 heteroatoms. The number of hydrogen-bond acceptors (Lipinski definition) is 6. The summed E-state index contributed by atoms with van der Waals surface area (Å²) in [4.78, 5) is 34.1. The van der Waals surface area contributed by atoms with Crippen molar-refractivity contribution >= 4 is 17.7 Å². The van der Waals surface area contributed by atoms with Gasteiger partial charge in [-0.1, -0.05) is 0 Å². The van der Waals surface area contributed by atoms with Gasteiger partial charge in [0.1, 0.15) is 12.4 Å². The minimum absolute atomic E-state index is 0.0870. The van der Waals surface area contributed by atoms with Crippen LogP contribution in [0.25, 0.3) is 0 Å². The summed E-state index contributed by atoms with van der Waals surface area (Å²) in [5.41, 5.74) is 0.728. The number of carbonyl (C=O) groups is 3. The predicted molar refractivity (Wildman–Crippen MR) is 91.2 cm³/mol. The zero-order valence-electron chi connectivity index (χ0n) is 14.5. The maximum Gasteiger partial charge on any atom is 0.414 e. The van der Waals surface area contributed by atoms with Crippen LogP contribution in [0.15, 0.2) is 24.3 Å². The zero-order chi connectivity index (χ0) is 18.8. The second-order valence-corrected chi connectivity index (χ2v) is 5.68. The fourth-order valence-corrected chi connectivity index (χ4v) is 2.15. The molecule has 1 aromatic rings.